The first-order valence-corrected chi connectivity index (χ1v) is 9.85. The monoisotopic (exact) mass is 436 g/mol. The molecule has 156 valence electrons. The maximum atomic E-state index is 14.4. The molecule has 30 heavy (non-hydrogen) atoms. The van der Waals surface area contributed by atoms with Gasteiger partial charge in [0.1, 0.15) is 12.1 Å². The molecule has 0 radical (unpaired) electrons. The Labute approximate surface area is 173 Å². The molecule has 1 unspecified atom stereocenters. The van der Waals surface area contributed by atoms with Gasteiger partial charge in [-0.3, -0.25) is 4.79 Å². The Morgan fingerprint density at radius 3 is 2.63 bits per heavy atom. The molecule has 2 aromatic carbocycles. The maximum absolute atomic E-state index is 14.4. The Kier molecular flexibility index (Phi) is 5.05. The average Bonchev–Trinajstić information content (AvgIpc) is 3.23. The zero-order chi connectivity index (χ0) is 21.6. The van der Waals surface area contributed by atoms with E-state index in [2.05, 4.69) is 10.2 Å². The second-order valence-electron chi connectivity index (χ2n) is 6.95. The first-order chi connectivity index (χ1) is 14.1. The van der Waals surface area contributed by atoms with Crippen molar-refractivity contribution in [2.45, 2.75) is 30.1 Å². The van der Waals surface area contributed by atoms with Gasteiger partial charge in [-0.2, -0.15) is 13.2 Å². The smallest absolute Gasteiger partial charge is 0.312 e. The highest BCUT2D eigenvalue weighted by atomic mass is 32.2. The Morgan fingerprint density at radius 2 is 1.97 bits per heavy atom. The quantitative estimate of drug-likeness (QED) is 0.427. The van der Waals surface area contributed by atoms with E-state index in [-0.39, 0.29) is 28.6 Å². The zero-order valence-corrected chi connectivity index (χ0v) is 16.8. The van der Waals surface area contributed by atoms with Gasteiger partial charge in [-0.05, 0) is 48.4 Å². The minimum Gasteiger partial charge on any atom is -0.312 e. The van der Waals surface area contributed by atoms with Crippen LogP contribution in [0.4, 0.5) is 23.2 Å². The van der Waals surface area contributed by atoms with Crippen molar-refractivity contribution < 1.29 is 22.4 Å². The van der Waals surface area contributed by atoms with E-state index in [0.29, 0.717) is 10.7 Å². The molecule has 0 saturated heterocycles. The third kappa shape index (κ3) is 3.67. The lowest BCUT2D eigenvalue weighted by Crippen LogP contribution is -2.23. The number of nitrogens with zero attached hydrogens (tertiary/aromatic N) is 4. The number of aryl methyl sites for hydroxylation is 1. The largest absolute Gasteiger partial charge is 0.416 e. The molecule has 1 aliphatic heterocycles. The summed E-state index contributed by atoms with van der Waals surface area (Å²) in [6.07, 6.45) is -3.03. The number of carbonyl (C=O) groups excluding carboxylic acids is 1. The van der Waals surface area contributed by atoms with Crippen LogP contribution < -0.4 is 4.90 Å². The number of alkyl halides is 3. The normalized spacial score (nSPS) is 14.9. The van der Waals surface area contributed by atoms with Gasteiger partial charge >= 0.3 is 6.18 Å². The molecule has 1 aliphatic rings. The number of carbonyl (C=O) groups is 1. The summed E-state index contributed by atoms with van der Waals surface area (Å²) in [4.78, 5) is 14.0. The molecule has 10 heteroatoms. The number of thioether (sulfide) groups is 1. The number of anilines is 1. The van der Waals surface area contributed by atoms with Gasteiger partial charge in [0.15, 0.2) is 5.16 Å². The molecule has 0 aliphatic carbocycles. The summed E-state index contributed by atoms with van der Waals surface area (Å²) < 4.78 is 56.1. The van der Waals surface area contributed by atoms with Crippen LogP contribution in [0.3, 0.4) is 0 Å². The lowest BCUT2D eigenvalue weighted by Gasteiger charge is -2.19. The van der Waals surface area contributed by atoms with Crippen LogP contribution in [0.15, 0.2) is 47.9 Å². The Balaban J connectivity index is 1.67. The van der Waals surface area contributed by atoms with Crippen molar-refractivity contribution >= 4 is 23.4 Å². The molecule has 0 saturated carbocycles. The van der Waals surface area contributed by atoms with Gasteiger partial charge in [0.2, 0.25) is 0 Å². The molecule has 3 aromatic rings. The highest BCUT2D eigenvalue weighted by Crippen LogP contribution is 2.40. The fourth-order valence-electron chi connectivity index (χ4n) is 3.40. The summed E-state index contributed by atoms with van der Waals surface area (Å²) in [6, 6.07) is 7.63. The number of benzene rings is 2. The number of hydrogen-bond acceptors (Lipinski definition) is 4. The van der Waals surface area contributed by atoms with Gasteiger partial charge in [-0.1, -0.05) is 17.8 Å². The van der Waals surface area contributed by atoms with E-state index in [1.807, 2.05) is 6.92 Å². The van der Waals surface area contributed by atoms with E-state index in [1.165, 1.54) is 34.9 Å². The maximum Gasteiger partial charge on any atom is 0.416 e. The van der Waals surface area contributed by atoms with Crippen LogP contribution >= 0.6 is 11.8 Å². The third-order valence-corrected chi connectivity index (χ3v) is 6.12. The number of amides is 1. The Hall–Kier alpha value is -2.88. The summed E-state index contributed by atoms with van der Waals surface area (Å²) in [6.45, 7) is 1.58. The van der Waals surface area contributed by atoms with Crippen molar-refractivity contribution in [3.63, 3.8) is 0 Å². The van der Waals surface area contributed by atoms with Gasteiger partial charge in [-0.25, -0.2) is 4.39 Å². The fraction of sp³-hybridized carbons (Fsp3) is 0.250. The van der Waals surface area contributed by atoms with Gasteiger partial charge in [0.25, 0.3) is 5.91 Å². The third-order valence-electron chi connectivity index (χ3n) is 4.91. The summed E-state index contributed by atoms with van der Waals surface area (Å²) in [7, 11) is 1.78. The van der Waals surface area contributed by atoms with E-state index in [9.17, 15) is 22.4 Å². The van der Waals surface area contributed by atoms with Crippen LogP contribution in [0.1, 0.15) is 39.2 Å². The number of rotatable bonds is 4. The van der Waals surface area contributed by atoms with Crippen molar-refractivity contribution in [3.05, 3.63) is 70.8 Å². The summed E-state index contributed by atoms with van der Waals surface area (Å²) in [5.74, 6) is -1.16. The number of hydrogen-bond donors (Lipinski definition) is 0. The lowest BCUT2D eigenvalue weighted by atomic mass is 10.0. The molecule has 1 amide bonds. The fourth-order valence-corrected chi connectivity index (χ4v) is 4.30. The number of halogens is 4. The molecule has 0 spiro atoms. The second-order valence-corrected chi connectivity index (χ2v) is 8.26. The van der Waals surface area contributed by atoms with Crippen molar-refractivity contribution in [2.75, 3.05) is 4.90 Å². The standard InChI is InChI=1S/C20H16F4N4OS/c1-11(30-19-26-25-10-27(19)2)12-6-13(21)8-14(7-12)28-9-16-15(18(28)29)4-3-5-17(16)20(22,23)24/h3-8,10-11H,9H2,1-2H3. The topological polar surface area (TPSA) is 51.0 Å². The molecule has 0 bridgehead atoms. The molecule has 0 N–H and O–H groups in total. The molecule has 1 atom stereocenters. The van der Waals surface area contributed by atoms with Crippen molar-refractivity contribution in [2.24, 2.45) is 7.05 Å². The van der Waals surface area contributed by atoms with Crippen LogP contribution in [0.25, 0.3) is 0 Å². The summed E-state index contributed by atoms with van der Waals surface area (Å²) in [5, 5.41) is 8.19. The second kappa shape index (κ2) is 7.42. The predicted molar refractivity (Wildman–Crippen MR) is 104 cm³/mol. The minimum absolute atomic E-state index is 0.0165. The van der Waals surface area contributed by atoms with E-state index < -0.39 is 23.5 Å². The van der Waals surface area contributed by atoms with E-state index in [4.69, 9.17) is 0 Å². The average molecular weight is 436 g/mol. The Morgan fingerprint density at radius 1 is 1.20 bits per heavy atom. The van der Waals surface area contributed by atoms with E-state index >= 15 is 0 Å². The highest BCUT2D eigenvalue weighted by molar-refractivity contribution is 7.99. The molecule has 0 fully saturated rings. The predicted octanol–water partition coefficient (Wildman–Crippen LogP) is 4.99. The number of aromatic nitrogens is 3. The molecular weight excluding hydrogens is 420 g/mol. The number of fused-ring (bicyclic) bond motifs is 1. The first-order valence-electron chi connectivity index (χ1n) is 8.97. The minimum atomic E-state index is -4.57. The molecular formula is C20H16F4N4OS. The van der Waals surface area contributed by atoms with Crippen molar-refractivity contribution in [3.8, 4) is 0 Å². The molecule has 2 heterocycles. The van der Waals surface area contributed by atoms with Crippen LogP contribution in [0.2, 0.25) is 0 Å². The zero-order valence-electron chi connectivity index (χ0n) is 15.9. The Bertz CT molecular complexity index is 1130. The van der Waals surface area contributed by atoms with Crippen LogP contribution in [0, 0.1) is 5.82 Å². The van der Waals surface area contributed by atoms with Crippen LogP contribution in [-0.4, -0.2) is 20.7 Å². The van der Waals surface area contributed by atoms with E-state index in [0.717, 1.165) is 12.1 Å². The van der Waals surface area contributed by atoms with Gasteiger partial charge in [0, 0.05) is 23.5 Å². The van der Waals surface area contributed by atoms with E-state index in [1.54, 1.807) is 24.0 Å². The van der Waals surface area contributed by atoms with Crippen molar-refractivity contribution in [1.29, 1.82) is 0 Å². The lowest BCUT2D eigenvalue weighted by molar-refractivity contribution is -0.138. The molecule has 4 rings (SSSR count). The summed E-state index contributed by atoms with van der Waals surface area (Å²) >= 11 is 1.35. The highest BCUT2D eigenvalue weighted by Gasteiger charge is 2.39. The summed E-state index contributed by atoms with van der Waals surface area (Å²) in [5.41, 5.74) is -0.166. The van der Waals surface area contributed by atoms with Crippen LogP contribution in [-0.2, 0) is 19.8 Å². The van der Waals surface area contributed by atoms with Gasteiger partial charge < -0.3 is 9.47 Å². The van der Waals surface area contributed by atoms with Gasteiger partial charge in [0.05, 0.1) is 12.1 Å². The first kappa shape index (κ1) is 20.4. The molecule has 5 nitrogen and oxygen atoms in total. The molecule has 1 aromatic heterocycles. The van der Waals surface area contributed by atoms with Crippen LogP contribution in [0.5, 0.6) is 0 Å². The van der Waals surface area contributed by atoms with Crippen molar-refractivity contribution in [1.82, 2.24) is 14.8 Å². The van der Waals surface area contributed by atoms with Gasteiger partial charge in [-0.15, -0.1) is 10.2 Å². The SMILES string of the molecule is CC(Sc1nncn1C)c1cc(F)cc(N2Cc3c(cccc3C(F)(F)F)C2=O)c1.